The zero-order chi connectivity index (χ0) is 27.3. The minimum Gasteiger partial charge on any atom is -0.497 e. The van der Waals surface area contributed by atoms with Crippen LogP contribution in [0.5, 0.6) is 5.75 Å². The van der Waals surface area contributed by atoms with Crippen molar-refractivity contribution in [1.29, 1.82) is 0 Å². The van der Waals surface area contributed by atoms with Crippen molar-refractivity contribution in [3.05, 3.63) is 140 Å². The Morgan fingerprint density at radius 2 is 0.878 bits per heavy atom. The third kappa shape index (κ3) is 3.72. The maximum Gasteiger partial charge on any atom is 0.143 e. The molecule has 8 aromatic rings. The zero-order valence-corrected chi connectivity index (χ0v) is 22.6. The summed E-state index contributed by atoms with van der Waals surface area (Å²) in [5.41, 5.74) is 8.97. The number of furan rings is 1. The molecule has 0 bridgehead atoms. The summed E-state index contributed by atoms with van der Waals surface area (Å²) in [7, 11) is 1.71. The minimum absolute atomic E-state index is 0.859. The van der Waals surface area contributed by atoms with Gasteiger partial charge in [-0.1, -0.05) is 121 Å². The van der Waals surface area contributed by atoms with Crippen LogP contribution in [-0.4, -0.2) is 7.11 Å². The highest BCUT2D eigenvalue weighted by Crippen LogP contribution is 2.44. The lowest BCUT2D eigenvalue weighted by Crippen LogP contribution is -1.91. The van der Waals surface area contributed by atoms with Gasteiger partial charge in [0.1, 0.15) is 16.9 Å². The Kier molecular flexibility index (Phi) is 5.39. The van der Waals surface area contributed by atoms with E-state index in [1.807, 2.05) is 24.3 Å². The van der Waals surface area contributed by atoms with Gasteiger partial charge in [0.05, 0.1) is 7.11 Å². The van der Waals surface area contributed by atoms with E-state index in [4.69, 9.17) is 9.15 Å². The fourth-order valence-electron chi connectivity index (χ4n) is 6.30. The van der Waals surface area contributed by atoms with Crippen molar-refractivity contribution >= 4 is 43.5 Å². The van der Waals surface area contributed by atoms with Gasteiger partial charge in [0.2, 0.25) is 0 Å². The van der Waals surface area contributed by atoms with Gasteiger partial charge in [-0.25, -0.2) is 0 Å². The van der Waals surface area contributed by atoms with Crippen LogP contribution in [0.4, 0.5) is 0 Å². The number of para-hydroxylation sites is 2. The predicted molar refractivity (Wildman–Crippen MR) is 172 cm³/mol. The maximum absolute atomic E-state index is 6.33. The van der Waals surface area contributed by atoms with E-state index in [0.29, 0.717) is 0 Å². The molecule has 0 aliphatic carbocycles. The van der Waals surface area contributed by atoms with Crippen molar-refractivity contribution in [1.82, 2.24) is 0 Å². The van der Waals surface area contributed by atoms with Crippen molar-refractivity contribution < 1.29 is 9.15 Å². The average molecular weight is 527 g/mol. The SMILES string of the molecule is COc1ccc(-c2c3ccccc3c(-c3ccc(-c4cccc5c4oc4ccccc45)cc3)c3ccccc23)cc1. The number of hydrogen-bond donors (Lipinski definition) is 0. The molecule has 41 heavy (non-hydrogen) atoms. The number of fused-ring (bicyclic) bond motifs is 5. The molecule has 2 heteroatoms. The summed E-state index contributed by atoms with van der Waals surface area (Å²) >= 11 is 0. The van der Waals surface area contributed by atoms with Crippen molar-refractivity contribution in [2.45, 2.75) is 0 Å². The Morgan fingerprint density at radius 3 is 1.44 bits per heavy atom. The van der Waals surface area contributed by atoms with E-state index in [9.17, 15) is 0 Å². The molecule has 0 aliphatic rings. The highest BCUT2D eigenvalue weighted by atomic mass is 16.5. The third-order valence-electron chi connectivity index (χ3n) is 8.20. The highest BCUT2D eigenvalue weighted by Gasteiger charge is 2.17. The molecule has 7 aromatic carbocycles. The van der Waals surface area contributed by atoms with Gasteiger partial charge in [0.15, 0.2) is 0 Å². The van der Waals surface area contributed by atoms with Crippen LogP contribution in [0.2, 0.25) is 0 Å². The van der Waals surface area contributed by atoms with Crippen LogP contribution in [-0.2, 0) is 0 Å². The van der Waals surface area contributed by atoms with Crippen molar-refractivity contribution in [2.75, 3.05) is 7.11 Å². The molecule has 8 rings (SSSR count). The molecule has 2 nitrogen and oxygen atoms in total. The smallest absolute Gasteiger partial charge is 0.143 e. The Labute approximate surface area is 238 Å². The van der Waals surface area contributed by atoms with Crippen LogP contribution in [0.3, 0.4) is 0 Å². The summed E-state index contributed by atoms with van der Waals surface area (Å²) < 4.78 is 11.8. The van der Waals surface area contributed by atoms with Crippen LogP contribution < -0.4 is 4.74 Å². The summed E-state index contributed by atoms with van der Waals surface area (Å²) in [6.45, 7) is 0. The quantitative estimate of drug-likeness (QED) is 0.213. The van der Waals surface area contributed by atoms with Crippen LogP contribution in [0.25, 0.3) is 76.9 Å². The molecule has 0 amide bonds. The molecule has 0 saturated heterocycles. The molecule has 1 aromatic heterocycles. The first-order valence-corrected chi connectivity index (χ1v) is 13.9. The number of benzene rings is 7. The largest absolute Gasteiger partial charge is 0.497 e. The van der Waals surface area contributed by atoms with E-state index in [0.717, 1.165) is 38.8 Å². The summed E-state index contributed by atoms with van der Waals surface area (Å²) in [4.78, 5) is 0. The van der Waals surface area contributed by atoms with E-state index >= 15 is 0 Å². The van der Waals surface area contributed by atoms with E-state index in [2.05, 4.69) is 115 Å². The molecule has 0 aliphatic heterocycles. The van der Waals surface area contributed by atoms with Gasteiger partial charge in [-0.05, 0) is 67.6 Å². The van der Waals surface area contributed by atoms with Crippen molar-refractivity contribution in [3.8, 4) is 39.1 Å². The fraction of sp³-hybridized carbons (Fsp3) is 0.0256. The fourth-order valence-corrected chi connectivity index (χ4v) is 6.30. The molecule has 1 heterocycles. The lowest BCUT2D eigenvalue weighted by atomic mass is 9.85. The standard InChI is InChI=1S/C39H26O2/c1-40-28-23-21-27(22-24-28)38-33-12-4-2-10-31(33)37(32-11-3-5-13-34(32)38)26-19-17-25(18-20-26)29-14-8-15-35-30-9-6-7-16-36(30)41-39(29)35/h2-24H,1H3. The van der Waals surface area contributed by atoms with Gasteiger partial charge in [-0.3, -0.25) is 0 Å². The monoisotopic (exact) mass is 526 g/mol. The molecule has 0 radical (unpaired) electrons. The summed E-state index contributed by atoms with van der Waals surface area (Å²) in [6, 6.07) is 49.5. The van der Waals surface area contributed by atoms with Gasteiger partial charge < -0.3 is 9.15 Å². The molecular weight excluding hydrogens is 500 g/mol. The lowest BCUT2D eigenvalue weighted by Gasteiger charge is -2.18. The van der Waals surface area contributed by atoms with Crippen molar-refractivity contribution in [2.24, 2.45) is 0 Å². The van der Waals surface area contributed by atoms with E-state index in [1.165, 1.54) is 43.8 Å². The maximum atomic E-state index is 6.33. The number of hydrogen-bond acceptors (Lipinski definition) is 2. The number of methoxy groups -OCH3 is 1. The second-order valence-electron chi connectivity index (χ2n) is 10.4. The molecular formula is C39H26O2. The summed E-state index contributed by atoms with van der Waals surface area (Å²) in [5, 5.41) is 7.25. The molecule has 0 spiro atoms. The van der Waals surface area contributed by atoms with Crippen LogP contribution in [0.1, 0.15) is 0 Å². The van der Waals surface area contributed by atoms with Crippen LogP contribution in [0.15, 0.2) is 144 Å². The molecule has 0 N–H and O–H groups in total. The molecule has 0 unspecified atom stereocenters. The van der Waals surface area contributed by atoms with Gasteiger partial charge >= 0.3 is 0 Å². The molecule has 0 atom stereocenters. The van der Waals surface area contributed by atoms with Crippen molar-refractivity contribution in [3.63, 3.8) is 0 Å². The lowest BCUT2D eigenvalue weighted by molar-refractivity contribution is 0.415. The predicted octanol–water partition coefficient (Wildman–Crippen LogP) is 10.9. The average Bonchev–Trinajstić information content (AvgIpc) is 3.43. The number of ether oxygens (including phenoxy) is 1. The third-order valence-corrected chi connectivity index (χ3v) is 8.20. The van der Waals surface area contributed by atoms with Gasteiger partial charge in [0, 0.05) is 16.3 Å². The normalized spacial score (nSPS) is 11.5. The van der Waals surface area contributed by atoms with Crippen LogP contribution >= 0.6 is 0 Å². The Morgan fingerprint density at radius 1 is 0.415 bits per heavy atom. The van der Waals surface area contributed by atoms with E-state index < -0.39 is 0 Å². The van der Waals surface area contributed by atoms with Gasteiger partial charge in [-0.2, -0.15) is 0 Å². The summed E-state index contributed by atoms with van der Waals surface area (Å²) in [6.07, 6.45) is 0. The minimum atomic E-state index is 0.859. The highest BCUT2D eigenvalue weighted by molar-refractivity contribution is 6.21. The summed E-state index contributed by atoms with van der Waals surface area (Å²) in [5.74, 6) is 0.859. The van der Waals surface area contributed by atoms with Gasteiger partial charge in [0.25, 0.3) is 0 Å². The second-order valence-corrected chi connectivity index (χ2v) is 10.4. The number of rotatable bonds is 4. The Bertz CT molecular complexity index is 2160. The second kappa shape index (κ2) is 9.39. The topological polar surface area (TPSA) is 22.4 Å². The van der Waals surface area contributed by atoms with E-state index in [-0.39, 0.29) is 0 Å². The first kappa shape index (κ1) is 23.5. The van der Waals surface area contributed by atoms with Crippen LogP contribution in [0, 0.1) is 0 Å². The molecule has 194 valence electrons. The zero-order valence-electron chi connectivity index (χ0n) is 22.6. The first-order chi connectivity index (χ1) is 20.3. The molecule has 0 saturated carbocycles. The Hall–Kier alpha value is -5.34. The first-order valence-electron chi connectivity index (χ1n) is 13.9. The Balaban J connectivity index is 1.33. The van der Waals surface area contributed by atoms with E-state index in [1.54, 1.807) is 7.11 Å². The van der Waals surface area contributed by atoms with Gasteiger partial charge in [-0.15, -0.1) is 0 Å². The molecule has 0 fully saturated rings.